The first-order valence-electron chi connectivity index (χ1n) is 7.53. The van der Waals surface area contributed by atoms with Gasteiger partial charge in [0.2, 0.25) is 5.91 Å². The van der Waals surface area contributed by atoms with Gasteiger partial charge in [-0.05, 0) is 64.2 Å². The van der Waals surface area contributed by atoms with Crippen LogP contribution in [0.3, 0.4) is 0 Å². The van der Waals surface area contributed by atoms with E-state index in [1.807, 2.05) is 0 Å². The normalized spacial score (nSPS) is 25.9. The van der Waals surface area contributed by atoms with E-state index in [0.29, 0.717) is 0 Å². The fourth-order valence-electron chi connectivity index (χ4n) is 3.16. The first-order chi connectivity index (χ1) is 8.81. The number of hydrogen-bond acceptors (Lipinski definition) is 3. The van der Waals surface area contributed by atoms with Crippen LogP contribution in [0.4, 0.5) is 0 Å². The summed E-state index contributed by atoms with van der Waals surface area (Å²) in [5.41, 5.74) is 0. The molecule has 2 unspecified atom stereocenters. The Kier molecular flexibility index (Phi) is 10.6. The number of hydrogen-bond donors (Lipinski definition) is 2. The van der Waals surface area contributed by atoms with Gasteiger partial charge in [0, 0.05) is 6.54 Å². The van der Waals surface area contributed by atoms with Gasteiger partial charge in [-0.1, -0.05) is 6.92 Å². The maximum Gasteiger partial charge on any atom is 0.237 e. The van der Waals surface area contributed by atoms with Crippen LogP contribution in [-0.2, 0) is 4.79 Å². The molecular weight excluding hydrogens is 297 g/mol. The minimum atomic E-state index is 0. The molecule has 1 amide bonds. The van der Waals surface area contributed by atoms with E-state index >= 15 is 0 Å². The lowest BCUT2D eigenvalue weighted by Gasteiger charge is -2.23. The summed E-state index contributed by atoms with van der Waals surface area (Å²) in [6.07, 6.45) is 5.74. The molecule has 0 saturated carbocycles. The predicted octanol–water partition coefficient (Wildman–Crippen LogP) is 1.82. The van der Waals surface area contributed by atoms with Crippen molar-refractivity contribution in [3.8, 4) is 0 Å². The fraction of sp³-hybridized carbons (Fsp3) is 0.929. The van der Waals surface area contributed by atoms with Gasteiger partial charge in [-0.3, -0.25) is 9.69 Å². The van der Waals surface area contributed by atoms with Crippen LogP contribution in [0, 0.1) is 5.92 Å². The quantitative estimate of drug-likeness (QED) is 0.783. The van der Waals surface area contributed by atoms with Crippen molar-refractivity contribution in [2.75, 3.05) is 32.7 Å². The standard InChI is InChI=1S/C14H27N3O.2ClH/c1-2-9-17-10-3-4-13(17)14(18)16-8-6-12-5-7-15-11-12;;/h12-13,15H,2-11H2,1H3,(H,16,18);2*1H. The Bertz CT molecular complexity index is 273. The lowest BCUT2D eigenvalue weighted by atomic mass is 10.1. The van der Waals surface area contributed by atoms with Crippen molar-refractivity contribution in [2.24, 2.45) is 5.92 Å². The highest BCUT2D eigenvalue weighted by Gasteiger charge is 2.29. The molecule has 2 N–H and O–H groups in total. The van der Waals surface area contributed by atoms with Crippen LogP contribution in [0.5, 0.6) is 0 Å². The van der Waals surface area contributed by atoms with Crippen LogP contribution in [0.15, 0.2) is 0 Å². The molecule has 0 radical (unpaired) electrons. The van der Waals surface area contributed by atoms with Crippen molar-refractivity contribution in [1.29, 1.82) is 0 Å². The molecule has 2 saturated heterocycles. The summed E-state index contributed by atoms with van der Waals surface area (Å²) in [4.78, 5) is 14.5. The first-order valence-corrected chi connectivity index (χ1v) is 7.53. The van der Waals surface area contributed by atoms with E-state index in [1.165, 1.54) is 12.8 Å². The molecule has 6 heteroatoms. The number of carbonyl (C=O) groups excluding carboxylic acids is 1. The van der Waals surface area contributed by atoms with Gasteiger partial charge in [0.05, 0.1) is 6.04 Å². The molecule has 0 aromatic heterocycles. The molecule has 2 atom stereocenters. The third-order valence-electron chi connectivity index (χ3n) is 4.19. The van der Waals surface area contributed by atoms with Crippen molar-refractivity contribution in [3.05, 3.63) is 0 Å². The summed E-state index contributed by atoms with van der Waals surface area (Å²) >= 11 is 0. The molecule has 120 valence electrons. The van der Waals surface area contributed by atoms with Gasteiger partial charge in [-0.2, -0.15) is 0 Å². The molecule has 2 heterocycles. The van der Waals surface area contributed by atoms with Gasteiger partial charge in [0.1, 0.15) is 0 Å². The third kappa shape index (κ3) is 5.76. The van der Waals surface area contributed by atoms with Crippen molar-refractivity contribution in [1.82, 2.24) is 15.5 Å². The second kappa shape index (κ2) is 10.7. The highest BCUT2D eigenvalue weighted by molar-refractivity contribution is 5.85. The number of nitrogens with zero attached hydrogens (tertiary/aromatic N) is 1. The van der Waals surface area contributed by atoms with E-state index in [-0.39, 0.29) is 36.8 Å². The van der Waals surface area contributed by atoms with E-state index in [2.05, 4.69) is 22.5 Å². The zero-order valence-electron chi connectivity index (χ0n) is 12.4. The Morgan fingerprint density at radius 3 is 2.80 bits per heavy atom. The van der Waals surface area contributed by atoms with Crippen molar-refractivity contribution in [3.63, 3.8) is 0 Å². The fourth-order valence-corrected chi connectivity index (χ4v) is 3.16. The Balaban J connectivity index is 0.00000180. The maximum atomic E-state index is 12.1. The Morgan fingerprint density at radius 2 is 2.15 bits per heavy atom. The summed E-state index contributed by atoms with van der Waals surface area (Å²) < 4.78 is 0. The number of rotatable bonds is 6. The van der Waals surface area contributed by atoms with Gasteiger partial charge in [0.15, 0.2) is 0 Å². The molecule has 0 bridgehead atoms. The van der Waals surface area contributed by atoms with Gasteiger partial charge < -0.3 is 10.6 Å². The molecule has 0 aromatic rings. The van der Waals surface area contributed by atoms with Crippen LogP contribution in [-0.4, -0.2) is 49.6 Å². The molecule has 2 aliphatic heterocycles. The predicted molar refractivity (Wildman–Crippen MR) is 88.0 cm³/mol. The van der Waals surface area contributed by atoms with E-state index < -0.39 is 0 Å². The maximum absolute atomic E-state index is 12.1. The topological polar surface area (TPSA) is 44.4 Å². The Labute approximate surface area is 135 Å². The van der Waals surface area contributed by atoms with Crippen LogP contribution in [0.2, 0.25) is 0 Å². The van der Waals surface area contributed by atoms with E-state index in [9.17, 15) is 4.79 Å². The smallest absolute Gasteiger partial charge is 0.237 e. The van der Waals surface area contributed by atoms with E-state index in [0.717, 1.165) is 57.9 Å². The first kappa shape index (κ1) is 20.0. The van der Waals surface area contributed by atoms with Crippen LogP contribution < -0.4 is 10.6 Å². The zero-order valence-corrected chi connectivity index (χ0v) is 14.0. The summed E-state index contributed by atoms with van der Waals surface area (Å²) in [5.74, 6) is 1.02. The lowest BCUT2D eigenvalue weighted by Crippen LogP contribution is -2.44. The zero-order chi connectivity index (χ0) is 12.8. The van der Waals surface area contributed by atoms with Crippen LogP contribution in [0.25, 0.3) is 0 Å². The van der Waals surface area contributed by atoms with Crippen molar-refractivity contribution in [2.45, 2.75) is 45.1 Å². The summed E-state index contributed by atoms with van der Waals surface area (Å²) in [7, 11) is 0. The van der Waals surface area contributed by atoms with Gasteiger partial charge in [-0.25, -0.2) is 0 Å². The molecule has 2 fully saturated rings. The van der Waals surface area contributed by atoms with E-state index in [4.69, 9.17) is 0 Å². The number of likely N-dealkylation sites (tertiary alicyclic amines) is 1. The monoisotopic (exact) mass is 325 g/mol. The molecule has 0 spiro atoms. The molecule has 0 aromatic carbocycles. The average Bonchev–Trinajstić information content (AvgIpc) is 3.00. The third-order valence-corrected chi connectivity index (χ3v) is 4.19. The number of halogens is 2. The molecule has 2 rings (SSSR count). The molecule has 2 aliphatic rings. The van der Waals surface area contributed by atoms with Crippen LogP contribution >= 0.6 is 24.8 Å². The highest BCUT2D eigenvalue weighted by atomic mass is 35.5. The molecular formula is C14H29Cl2N3O. The lowest BCUT2D eigenvalue weighted by molar-refractivity contribution is -0.125. The number of nitrogens with one attached hydrogen (secondary N) is 2. The highest BCUT2D eigenvalue weighted by Crippen LogP contribution is 2.17. The van der Waals surface area contributed by atoms with Gasteiger partial charge in [0.25, 0.3) is 0 Å². The van der Waals surface area contributed by atoms with Crippen LogP contribution in [0.1, 0.15) is 39.0 Å². The molecule has 0 aliphatic carbocycles. The SMILES string of the molecule is CCCN1CCCC1C(=O)NCCC1CCNC1.Cl.Cl. The minimum absolute atomic E-state index is 0. The average molecular weight is 326 g/mol. The second-order valence-corrected chi connectivity index (χ2v) is 5.63. The van der Waals surface area contributed by atoms with Gasteiger partial charge in [-0.15, -0.1) is 24.8 Å². The van der Waals surface area contributed by atoms with Gasteiger partial charge >= 0.3 is 0 Å². The molecule has 4 nitrogen and oxygen atoms in total. The van der Waals surface area contributed by atoms with E-state index in [1.54, 1.807) is 0 Å². The Morgan fingerprint density at radius 1 is 1.35 bits per heavy atom. The number of carbonyl (C=O) groups is 1. The summed E-state index contributed by atoms with van der Waals surface area (Å²) in [5, 5.41) is 6.50. The molecule has 20 heavy (non-hydrogen) atoms. The Hall–Kier alpha value is -0.0300. The summed E-state index contributed by atoms with van der Waals surface area (Å²) in [6, 6.07) is 0.145. The number of amides is 1. The summed E-state index contributed by atoms with van der Waals surface area (Å²) in [6.45, 7) is 7.46. The minimum Gasteiger partial charge on any atom is -0.355 e. The van der Waals surface area contributed by atoms with Crippen molar-refractivity contribution >= 4 is 30.7 Å². The largest absolute Gasteiger partial charge is 0.355 e. The second-order valence-electron chi connectivity index (χ2n) is 5.63. The van der Waals surface area contributed by atoms with Crippen molar-refractivity contribution < 1.29 is 4.79 Å².